The van der Waals surface area contributed by atoms with Crippen LogP contribution in [0.5, 0.6) is 0 Å². The summed E-state index contributed by atoms with van der Waals surface area (Å²) in [5.41, 5.74) is -1.15. The largest absolute Gasteiger partial charge is 0.477 e. The van der Waals surface area contributed by atoms with Gasteiger partial charge in [-0.2, -0.15) is 5.10 Å². The van der Waals surface area contributed by atoms with Gasteiger partial charge >= 0.3 is 17.9 Å². The number of nitrogens with zero attached hydrogens (tertiary/aromatic N) is 2. The number of aromatic carboxylic acids is 1. The van der Waals surface area contributed by atoms with Gasteiger partial charge in [0.25, 0.3) is 0 Å². The maximum absolute atomic E-state index is 11.7. The van der Waals surface area contributed by atoms with Crippen molar-refractivity contribution in [3.05, 3.63) is 17.5 Å². The molecule has 0 unspecified atom stereocenters. The summed E-state index contributed by atoms with van der Waals surface area (Å²) < 4.78 is 10.7. The number of ether oxygens (including phenoxy) is 2. The zero-order valence-electron chi connectivity index (χ0n) is 12.4. The van der Waals surface area contributed by atoms with E-state index in [0.717, 1.165) is 10.7 Å². The van der Waals surface area contributed by atoms with E-state index in [4.69, 9.17) is 14.6 Å². The van der Waals surface area contributed by atoms with Gasteiger partial charge in [0.1, 0.15) is 17.8 Å². The van der Waals surface area contributed by atoms with Crippen molar-refractivity contribution in [1.82, 2.24) is 9.78 Å². The van der Waals surface area contributed by atoms with E-state index in [1.54, 1.807) is 27.7 Å². The summed E-state index contributed by atoms with van der Waals surface area (Å²) in [6.45, 7) is 6.43. The molecule has 0 fully saturated rings. The SMILES string of the molecule is CCOC(=O)c1cc(C(=O)O)n(CC(=O)OC(C)(C)C)n1. The predicted octanol–water partition coefficient (Wildman–Crippen LogP) is 1.10. The van der Waals surface area contributed by atoms with Crippen LogP contribution in [0.3, 0.4) is 0 Å². The van der Waals surface area contributed by atoms with Crippen LogP contribution in [-0.4, -0.2) is 45.0 Å². The van der Waals surface area contributed by atoms with Gasteiger partial charge in [-0.05, 0) is 27.7 Å². The summed E-state index contributed by atoms with van der Waals surface area (Å²) in [6.07, 6.45) is 0. The average molecular weight is 298 g/mol. The molecule has 0 saturated carbocycles. The Hall–Kier alpha value is -2.38. The molecular formula is C13H18N2O6. The van der Waals surface area contributed by atoms with Gasteiger partial charge in [0, 0.05) is 6.07 Å². The molecule has 1 N–H and O–H groups in total. The number of carboxylic acids is 1. The molecule has 0 amide bonds. The number of carbonyl (C=O) groups excluding carboxylic acids is 2. The van der Waals surface area contributed by atoms with E-state index in [1.165, 1.54) is 0 Å². The Morgan fingerprint density at radius 2 is 1.95 bits per heavy atom. The highest BCUT2D eigenvalue weighted by Crippen LogP contribution is 2.10. The minimum Gasteiger partial charge on any atom is -0.477 e. The van der Waals surface area contributed by atoms with E-state index in [-0.39, 0.29) is 18.0 Å². The summed E-state index contributed by atoms with van der Waals surface area (Å²) in [5, 5.41) is 12.9. The van der Waals surface area contributed by atoms with Gasteiger partial charge in [-0.1, -0.05) is 0 Å². The van der Waals surface area contributed by atoms with Gasteiger partial charge in [-0.25, -0.2) is 14.3 Å². The molecule has 0 atom stereocenters. The van der Waals surface area contributed by atoms with Crippen molar-refractivity contribution in [3.63, 3.8) is 0 Å². The first-order chi connectivity index (χ1) is 9.64. The number of hydrogen-bond donors (Lipinski definition) is 1. The van der Waals surface area contributed by atoms with Crippen LogP contribution in [0.25, 0.3) is 0 Å². The van der Waals surface area contributed by atoms with Gasteiger partial charge in [-0.3, -0.25) is 4.79 Å². The molecule has 0 aliphatic heterocycles. The first-order valence-electron chi connectivity index (χ1n) is 6.34. The van der Waals surface area contributed by atoms with Crippen molar-refractivity contribution < 1.29 is 29.0 Å². The summed E-state index contributed by atoms with van der Waals surface area (Å²) in [7, 11) is 0. The highest BCUT2D eigenvalue weighted by Gasteiger charge is 2.23. The topological polar surface area (TPSA) is 108 Å². The Balaban J connectivity index is 2.97. The first-order valence-corrected chi connectivity index (χ1v) is 6.34. The Bertz CT molecular complexity index is 555. The highest BCUT2D eigenvalue weighted by molar-refractivity contribution is 5.92. The third-order valence-electron chi connectivity index (χ3n) is 2.18. The fraction of sp³-hybridized carbons (Fsp3) is 0.538. The van der Waals surface area contributed by atoms with E-state index in [1.807, 2.05) is 0 Å². The minimum atomic E-state index is -1.30. The molecular weight excluding hydrogens is 280 g/mol. The minimum absolute atomic E-state index is 0.139. The Morgan fingerprint density at radius 3 is 2.43 bits per heavy atom. The molecule has 0 spiro atoms. The van der Waals surface area contributed by atoms with Crippen LogP contribution in [0.4, 0.5) is 0 Å². The summed E-state index contributed by atoms with van der Waals surface area (Å²) in [5.74, 6) is -2.70. The van der Waals surface area contributed by atoms with Crippen molar-refractivity contribution in [2.45, 2.75) is 39.8 Å². The third-order valence-corrected chi connectivity index (χ3v) is 2.18. The van der Waals surface area contributed by atoms with Crippen molar-refractivity contribution in [2.24, 2.45) is 0 Å². The van der Waals surface area contributed by atoms with Gasteiger partial charge in [0.15, 0.2) is 5.69 Å². The zero-order chi connectivity index (χ0) is 16.2. The Kier molecular flexibility index (Phi) is 5.07. The monoisotopic (exact) mass is 298 g/mol. The molecule has 0 saturated heterocycles. The molecule has 1 rings (SSSR count). The standard InChI is InChI=1S/C13H18N2O6/c1-5-20-12(19)8-6-9(11(17)18)15(14-8)7-10(16)21-13(2,3)4/h6H,5,7H2,1-4H3,(H,17,18). The second kappa shape index (κ2) is 6.38. The van der Waals surface area contributed by atoms with Gasteiger partial charge in [0.05, 0.1) is 6.61 Å². The maximum Gasteiger partial charge on any atom is 0.358 e. The third kappa shape index (κ3) is 4.90. The molecule has 0 bridgehead atoms. The molecule has 8 heteroatoms. The van der Waals surface area contributed by atoms with Gasteiger partial charge in [-0.15, -0.1) is 0 Å². The fourth-order valence-corrected chi connectivity index (χ4v) is 1.51. The molecule has 0 aromatic carbocycles. The quantitative estimate of drug-likeness (QED) is 0.811. The number of aromatic nitrogens is 2. The van der Waals surface area contributed by atoms with Gasteiger partial charge in [0.2, 0.25) is 0 Å². The van der Waals surface area contributed by atoms with E-state index < -0.39 is 30.1 Å². The van der Waals surface area contributed by atoms with E-state index in [2.05, 4.69) is 5.10 Å². The maximum atomic E-state index is 11.7. The average Bonchev–Trinajstić information content (AvgIpc) is 2.70. The lowest BCUT2D eigenvalue weighted by Crippen LogP contribution is -2.27. The molecule has 0 radical (unpaired) electrons. The lowest BCUT2D eigenvalue weighted by atomic mass is 10.2. The lowest BCUT2D eigenvalue weighted by molar-refractivity contribution is -0.155. The molecule has 21 heavy (non-hydrogen) atoms. The summed E-state index contributed by atoms with van der Waals surface area (Å²) in [4.78, 5) is 34.4. The van der Waals surface area contributed by atoms with Crippen LogP contribution in [0, 0.1) is 0 Å². The second-order valence-corrected chi connectivity index (χ2v) is 5.18. The molecule has 0 aliphatic carbocycles. The molecule has 8 nitrogen and oxygen atoms in total. The normalized spacial score (nSPS) is 11.0. The molecule has 0 aliphatic rings. The number of carboxylic acid groups (broad SMARTS) is 1. The van der Waals surface area contributed by atoms with Crippen LogP contribution in [0.15, 0.2) is 6.07 Å². The van der Waals surface area contributed by atoms with Crippen molar-refractivity contribution in [3.8, 4) is 0 Å². The molecule has 1 aromatic rings. The lowest BCUT2D eigenvalue weighted by Gasteiger charge is -2.19. The summed E-state index contributed by atoms with van der Waals surface area (Å²) in [6, 6.07) is 1.06. The smallest absolute Gasteiger partial charge is 0.358 e. The van der Waals surface area contributed by atoms with Gasteiger partial charge < -0.3 is 14.6 Å². The summed E-state index contributed by atoms with van der Waals surface area (Å²) >= 11 is 0. The zero-order valence-corrected chi connectivity index (χ0v) is 12.4. The van der Waals surface area contributed by atoms with Crippen LogP contribution in [-0.2, 0) is 20.8 Å². The fourth-order valence-electron chi connectivity index (χ4n) is 1.51. The first kappa shape index (κ1) is 16.7. The van der Waals surface area contributed by atoms with Crippen LogP contribution in [0.1, 0.15) is 48.7 Å². The number of carbonyl (C=O) groups is 3. The molecule has 116 valence electrons. The number of rotatable bonds is 5. The van der Waals surface area contributed by atoms with E-state index in [9.17, 15) is 14.4 Å². The van der Waals surface area contributed by atoms with Crippen LogP contribution in [0.2, 0.25) is 0 Å². The highest BCUT2D eigenvalue weighted by atomic mass is 16.6. The Labute approximate surface area is 121 Å². The Morgan fingerprint density at radius 1 is 1.33 bits per heavy atom. The predicted molar refractivity (Wildman–Crippen MR) is 71.0 cm³/mol. The number of esters is 2. The van der Waals surface area contributed by atoms with E-state index >= 15 is 0 Å². The van der Waals surface area contributed by atoms with Crippen LogP contribution < -0.4 is 0 Å². The van der Waals surface area contributed by atoms with Crippen LogP contribution >= 0.6 is 0 Å². The molecule has 1 heterocycles. The molecule has 1 aromatic heterocycles. The van der Waals surface area contributed by atoms with E-state index in [0.29, 0.717) is 0 Å². The second-order valence-electron chi connectivity index (χ2n) is 5.18. The van der Waals surface area contributed by atoms with Crippen molar-refractivity contribution in [1.29, 1.82) is 0 Å². The number of hydrogen-bond acceptors (Lipinski definition) is 6. The van der Waals surface area contributed by atoms with Crippen molar-refractivity contribution in [2.75, 3.05) is 6.61 Å². The van der Waals surface area contributed by atoms with Crippen molar-refractivity contribution >= 4 is 17.9 Å².